The monoisotopic (exact) mass is 864 g/mol. The number of nitrogens with zero attached hydrogens (tertiary/aromatic N) is 3. The molecule has 2 aromatic carbocycles. The molecule has 54 heavy (non-hydrogen) atoms. The molecule has 2 aliphatic rings. The molecule has 0 atom stereocenters. The zero-order valence-corrected chi connectivity index (χ0v) is 33.0. The molecule has 0 unspecified atom stereocenters. The number of nitro groups is 1. The lowest BCUT2D eigenvalue weighted by molar-refractivity contribution is -0.384. The summed E-state index contributed by atoms with van der Waals surface area (Å²) >= 11 is 24.3. The lowest BCUT2D eigenvalue weighted by Crippen LogP contribution is -2.39. The Morgan fingerprint density at radius 1 is 0.704 bits per heavy atom. The van der Waals surface area contributed by atoms with Crippen LogP contribution >= 0.6 is 46.4 Å². The van der Waals surface area contributed by atoms with Crippen molar-refractivity contribution in [2.24, 2.45) is 0 Å². The fourth-order valence-corrected chi connectivity index (χ4v) is 8.92. The van der Waals surface area contributed by atoms with Gasteiger partial charge in [0.1, 0.15) is 21.3 Å². The number of anilines is 1. The minimum absolute atomic E-state index is 0.0208. The number of nitrogens with two attached hydrogens (primary N) is 1. The molecule has 290 valence electrons. The molecule has 0 aliphatic heterocycles. The smallest absolute Gasteiger partial charge is 0.272 e. The Kier molecular flexibility index (Phi) is 13.2. The Hall–Kier alpha value is -3.88. The van der Waals surface area contributed by atoms with Crippen molar-refractivity contribution >= 4 is 77.8 Å². The Morgan fingerprint density at radius 3 is 1.39 bits per heavy atom. The second kappa shape index (κ2) is 17.3. The van der Waals surface area contributed by atoms with Crippen LogP contribution in [0.25, 0.3) is 0 Å². The normalized spacial score (nSPS) is 14.6. The third-order valence-corrected chi connectivity index (χ3v) is 12.2. The maximum Gasteiger partial charge on any atom is 0.272 e. The molecule has 0 radical (unpaired) electrons. The number of halogens is 4. The number of non-ortho nitro benzene ring substituents is 1. The van der Waals surface area contributed by atoms with Crippen molar-refractivity contribution < 1.29 is 40.7 Å². The van der Waals surface area contributed by atoms with Crippen LogP contribution in [0.15, 0.2) is 58.6 Å². The molecule has 0 spiro atoms. The van der Waals surface area contributed by atoms with Gasteiger partial charge in [0.05, 0.1) is 51.6 Å². The van der Waals surface area contributed by atoms with E-state index in [-0.39, 0.29) is 82.4 Å². The summed E-state index contributed by atoms with van der Waals surface area (Å²) in [5.41, 5.74) is 5.74. The molecule has 2 fully saturated rings. The van der Waals surface area contributed by atoms with Gasteiger partial charge in [0.15, 0.2) is 11.5 Å². The van der Waals surface area contributed by atoms with Crippen molar-refractivity contribution in [3.05, 3.63) is 79.0 Å². The van der Waals surface area contributed by atoms with Gasteiger partial charge in [-0.1, -0.05) is 59.2 Å². The number of benzene rings is 2. The fraction of sp³-hybridized carbons (Fsp3) is 0.312. The summed E-state index contributed by atoms with van der Waals surface area (Å²) in [5, 5.41) is 11.1. The zero-order valence-electron chi connectivity index (χ0n) is 28.3. The van der Waals surface area contributed by atoms with E-state index in [0.717, 1.165) is 50.7 Å². The summed E-state index contributed by atoms with van der Waals surface area (Å²) in [7, 11) is -5.05. The topological polar surface area (TPSA) is 224 Å². The number of hydrogen-bond donors (Lipinski definition) is 3. The predicted octanol–water partition coefficient (Wildman–Crippen LogP) is 7.53. The first-order valence-electron chi connectivity index (χ1n) is 15.9. The highest BCUT2D eigenvalue weighted by molar-refractivity contribution is 7.90. The number of methoxy groups -OCH3 is 2. The largest absolute Gasteiger partial charge is 0.480 e. The molecule has 16 nitrogen and oxygen atoms in total. The number of hydrogen-bond acceptors (Lipinski definition) is 13. The molecule has 0 saturated heterocycles. The van der Waals surface area contributed by atoms with Crippen LogP contribution < -0.4 is 34.1 Å². The first-order valence-corrected chi connectivity index (χ1v) is 20.4. The second-order valence-corrected chi connectivity index (χ2v) is 16.9. The van der Waals surface area contributed by atoms with Crippen LogP contribution in [0.1, 0.15) is 38.5 Å². The van der Waals surface area contributed by atoms with Crippen LogP contribution in [0, 0.1) is 10.1 Å². The van der Waals surface area contributed by atoms with E-state index in [1.54, 1.807) is 0 Å². The molecule has 6 rings (SSSR count). The van der Waals surface area contributed by atoms with Crippen molar-refractivity contribution in [2.75, 3.05) is 20.0 Å². The van der Waals surface area contributed by atoms with Gasteiger partial charge in [0.2, 0.25) is 31.8 Å². The maximum absolute atomic E-state index is 12.7. The predicted molar refractivity (Wildman–Crippen MR) is 202 cm³/mol. The standard InChI is InChI=1S/C16H15Cl2N3O6S.C16H17Cl2N3O4S/c1-26-16-14(28(24,25)20-9-3-2-4-9)7-11(8-19-16)27-15-12(17)5-10(21(22)23)6-13(15)18;1-24-16-14(26(22,23)21-10-3-2-4-10)7-11(8-20-16)25-15-12(17)5-9(19)6-13(15)18/h5-9,20H,2-4H2,1H3;5-8,10,21H,2-4,19H2,1H3. The number of pyridine rings is 2. The van der Waals surface area contributed by atoms with Crippen molar-refractivity contribution in [1.82, 2.24) is 19.4 Å². The average molecular weight is 867 g/mol. The molecule has 2 aromatic heterocycles. The molecule has 0 amide bonds. The summed E-state index contributed by atoms with van der Waals surface area (Å²) in [6, 6.07) is 7.46. The van der Waals surface area contributed by atoms with Crippen LogP contribution in [0.4, 0.5) is 11.4 Å². The van der Waals surface area contributed by atoms with Crippen LogP contribution in [-0.4, -0.2) is 58.0 Å². The zero-order chi connectivity index (χ0) is 39.4. The molecular formula is C32H32Cl4N6O10S2. The van der Waals surface area contributed by atoms with Gasteiger partial charge >= 0.3 is 0 Å². The second-order valence-electron chi connectivity index (χ2n) is 11.9. The van der Waals surface area contributed by atoms with Gasteiger partial charge in [0.25, 0.3) is 5.69 Å². The van der Waals surface area contributed by atoms with E-state index in [2.05, 4.69) is 19.4 Å². The van der Waals surface area contributed by atoms with Crippen molar-refractivity contribution in [1.29, 1.82) is 0 Å². The van der Waals surface area contributed by atoms with E-state index in [1.165, 1.54) is 50.9 Å². The molecule has 0 bridgehead atoms. The van der Waals surface area contributed by atoms with E-state index >= 15 is 0 Å². The van der Waals surface area contributed by atoms with Gasteiger partial charge in [-0.25, -0.2) is 36.2 Å². The number of rotatable bonds is 13. The van der Waals surface area contributed by atoms with Gasteiger partial charge in [0, 0.05) is 42.0 Å². The average Bonchev–Trinajstić information content (AvgIpc) is 3.08. The molecule has 4 N–H and O–H groups in total. The van der Waals surface area contributed by atoms with Gasteiger partial charge in [-0.05, 0) is 37.8 Å². The van der Waals surface area contributed by atoms with Crippen LogP contribution in [-0.2, 0) is 20.0 Å². The highest BCUT2D eigenvalue weighted by Crippen LogP contribution is 2.41. The fourth-order valence-electron chi connectivity index (χ4n) is 4.91. The lowest BCUT2D eigenvalue weighted by Gasteiger charge is -2.26. The quantitative estimate of drug-likeness (QED) is 0.0672. The van der Waals surface area contributed by atoms with E-state index in [4.69, 9.17) is 71.1 Å². The lowest BCUT2D eigenvalue weighted by atomic mass is 9.94. The number of nitrogen functional groups attached to an aromatic ring is 1. The van der Waals surface area contributed by atoms with E-state index in [0.29, 0.717) is 5.69 Å². The SMILES string of the molecule is COc1ncc(Oc2c(Cl)cc(N)cc2Cl)cc1S(=O)(=O)NC1CCC1.COc1ncc(Oc2c(Cl)cc([N+](=O)[O-])cc2Cl)cc1S(=O)(=O)NC1CCC1. The Morgan fingerprint density at radius 2 is 1.07 bits per heavy atom. The van der Waals surface area contributed by atoms with Crippen LogP contribution in [0.5, 0.6) is 34.8 Å². The Labute approximate surface area is 330 Å². The third-order valence-electron chi connectivity index (χ3n) is 8.06. The van der Waals surface area contributed by atoms with Gasteiger partial charge in [-0.3, -0.25) is 10.1 Å². The first kappa shape index (κ1) is 41.3. The highest BCUT2D eigenvalue weighted by Gasteiger charge is 2.30. The number of sulfonamides is 2. The van der Waals surface area contributed by atoms with E-state index in [9.17, 15) is 26.9 Å². The Bertz CT molecular complexity index is 2230. The van der Waals surface area contributed by atoms with E-state index in [1.807, 2.05) is 0 Å². The first-order chi connectivity index (χ1) is 25.5. The number of aromatic nitrogens is 2. The van der Waals surface area contributed by atoms with Crippen LogP contribution in [0.2, 0.25) is 20.1 Å². The number of nitrogens with one attached hydrogen (secondary N) is 2. The number of nitro benzene ring substituents is 1. The van der Waals surface area contributed by atoms with Crippen LogP contribution in [0.3, 0.4) is 0 Å². The highest BCUT2D eigenvalue weighted by atomic mass is 35.5. The van der Waals surface area contributed by atoms with Crippen molar-refractivity contribution in [3.8, 4) is 34.8 Å². The number of ether oxygens (including phenoxy) is 4. The Balaban J connectivity index is 0.000000208. The molecular weight excluding hydrogens is 834 g/mol. The minimum atomic E-state index is -3.89. The molecule has 2 aliphatic carbocycles. The summed E-state index contributed by atoms with van der Waals surface area (Å²) < 4.78 is 77.2. The third kappa shape index (κ3) is 9.86. The molecule has 2 heterocycles. The molecule has 22 heteroatoms. The maximum atomic E-state index is 12.7. The molecule has 4 aromatic rings. The van der Waals surface area contributed by atoms with Gasteiger partial charge < -0.3 is 24.7 Å². The summed E-state index contributed by atoms with van der Waals surface area (Å²) in [5.74, 6) is 0.139. The van der Waals surface area contributed by atoms with Crippen molar-refractivity contribution in [3.63, 3.8) is 0 Å². The molecule has 2 saturated carbocycles. The van der Waals surface area contributed by atoms with Gasteiger partial charge in [-0.15, -0.1) is 0 Å². The van der Waals surface area contributed by atoms with Gasteiger partial charge in [-0.2, -0.15) is 0 Å². The summed E-state index contributed by atoms with van der Waals surface area (Å²) in [4.78, 5) is 17.9. The minimum Gasteiger partial charge on any atom is -0.480 e. The van der Waals surface area contributed by atoms with E-state index < -0.39 is 25.0 Å². The summed E-state index contributed by atoms with van der Waals surface area (Å²) in [6.07, 6.45) is 7.66. The summed E-state index contributed by atoms with van der Waals surface area (Å²) in [6.45, 7) is 0. The van der Waals surface area contributed by atoms with Crippen molar-refractivity contribution in [2.45, 2.75) is 60.4 Å².